The van der Waals surface area contributed by atoms with Gasteiger partial charge >= 0.3 is 0 Å². The summed E-state index contributed by atoms with van der Waals surface area (Å²) in [6.45, 7) is 6.04. The number of rotatable bonds is 7. The first-order chi connectivity index (χ1) is 13.3. The number of fused-ring (bicyclic) bond motifs is 1. The van der Waals surface area contributed by atoms with E-state index in [0.717, 1.165) is 17.7 Å². The Morgan fingerprint density at radius 3 is 2.71 bits per heavy atom. The molecule has 0 aromatic heterocycles. The fraction of sp³-hybridized carbons (Fsp3) is 0.381. The third kappa shape index (κ3) is 4.14. The first kappa shape index (κ1) is 20.2. The summed E-state index contributed by atoms with van der Waals surface area (Å²) in [5, 5.41) is 2.83. The van der Waals surface area contributed by atoms with Crippen molar-refractivity contribution in [2.24, 2.45) is 0 Å². The molecule has 2 aromatic carbocycles. The Hall–Kier alpha value is -2.54. The van der Waals surface area contributed by atoms with Crippen LogP contribution in [0.1, 0.15) is 31.4 Å². The molecule has 0 saturated heterocycles. The van der Waals surface area contributed by atoms with Gasteiger partial charge in [0.05, 0.1) is 10.6 Å². The summed E-state index contributed by atoms with van der Waals surface area (Å²) in [5.41, 5.74) is 2.45. The van der Waals surface area contributed by atoms with E-state index in [1.807, 2.05) is 38.1 Å². The fourth-order valence-electron chi connectivity index (χ4n) is 3.19. The predicted octanol–water partition coefficient (Wildman–Crippen LogP) is 3.04. The molecule has 0 spiro atoms. The van der Waals surface area contributed by atoms with Crippen LogP contribution in [0.25, 0.3) is 0 Å². The molecule has 0 bridgehead atoms. The predicted molar refractivity (Wildman–Crippen MR) is 109 cm³/mol. The van der Waals surface area contributed by atoms with Gasteiger partial charge in [0.15, 0.2) is 6.61 Å². The Balaban J connectivity index is 1.74. The number of sulfonamides is 1. The van der Waals surface area contributed by atoms with Crippen LogP contribution in [0.4, 0.5) is 5.69 Å². The lowest BCUT2D eigenvalue weighted by Crippen LogP contribution is -2.35. The molecule has 1 N–H and O–H groups in total. The van der Waals surface area contributed by atoms with E-state index in [4.69, 9.17) is 4.74 Å². The molecule has 150 valence electrons. The van der Waals surface area contributed by atoms with Crippen LogP contribution >= 0.6 is 0 Å². The molecule has 1 atom stereocenters. The number of benzene rings is 2. The minimum atomic E-state index is -3.64. The van der Waals surface area contributed by atoms with E-state index < -0.39 is 10.0 Å². The van der Waals surface area contributed by atoms with Gasteiger partial charge in [-0.15, -0.1) is 0 Å². The molecular weight excluding hydrogens is 376 g/mol. The van der Waals surface area contributed by atoms with Crippen LogP contribution in [0.2, 0.25) is 0 Å². The second kappa shape index (κ2) is 8.22. The van der Waals surface area contributed by atoms with Crippen LogP contribution in [0.15, 0.2) is 47.4 Å². The van der Waals surface area contributed by atoms with Crippen LogP contribution in [-0.2, 0) is 21.2 Å². The van der Waals surface area contributed by atoms with E-state index >= 15 is 0 Å². The average Bonchev–Trinajstić information content (AvgIpc) is 3.11. The molecular formula is C21H26N2O4S. The quantitative estimate of drug-likeness (QED) is 0.772. The average molecular weight is 403 g/mol. The number of nitrogens with zero attached hydrogens (tertiary/aromatic N) is 1. The lowest BCUT2D eigenvalue weighted by molar-refractivity contribution is -0.123. The van der Waals surface area contributed by atoms with Crippen molar-refractivity contribution in [1.29, 1.82) is 0 Å². The van der Waals surface area contributed by atoms with E-state index in [2.05, 4.69) is 5.32 Å². The molecule has 7 heteroatoms. The summed E-state index contributed by atoms with van der Waals surface area (Å²) < 4.78 is 33.2. The van der Waals surface area contributed by atoms with Gasteiger partial charge in [-0.1, -0.05) is 25.1 Å². The highest BCUT2D eigenvalue weighted by Gasteiger charge is 2.30. The van der Waals surface area contributed by atoms with Gasteiger partial charge in [0.2, 0.25) is 0 Å². The molecule has 0 unspecified atom stereocenters. The third-order valence-electron chi connectivity index (χ3n) is 4.96. The molecule has 0 aliphatic carbocycles. The Bertz CT molecular complexity index is 972. The number of ether oxygens (including phenoxy) is 1. The highest BCUT2D eigenvalue weighted by atomic mass is 32.2. The van der Waals surface area contributed by atoms with E-state index in [1.165, 1.54) is 10.4 Å². The van der Waals surface area contributed by atoms with Crippen molar-refractivity contribution in [3.63, 3.8) is 0 Å². The topological polar surface area (TPSA) is 75.7 Å². The highest BCUT2D eigenvalue weighted by molar-refractivity contribution is 7.92. The zero-order valence-corrected chi connectivity index (χ0v) is 17.3. The number of carbonyl (C=O) groups excluding carboxylic acids is 1. The minimum Gasteiger partial charge on any atom is -0.484 e. The van der Waals surface area contributed by atoms with Crippen molar-refractivity contribution in [2.75, 3.05) is 17.5 Å². The first-order valence-corrected chi connectivity index (χ1v) is 10.9. The fourth-order valence-corrected chi connectivity index (χ4v) is 4.78. The maximum Gasteiger partial charge on any atom is 0.264 e. The van der Waals surface area contributed by atoms with E-state index in [9.17, 15) is 13.2 Å². The van der Waals surface area contributed by atoms with Crippen LogP contribution < -0.4 is 14.4 Å². The van der Waals surface area contributed by atoms with Crippen molar-refractivity contribution in [1.82, 2.24) is 5.32 Å². The number of amides is 1. The van der Waals surface area contributed by atoms with Crippen molar-refractivity contribution in [2.45, 2.75) is 44.6 Å². The summed E-state index contributed by atoms with van der Waals surface area (Å²) in [7, 11) is -3.64. The SMILES string of the molecule is CC[C@@H](C)NC(=O)COc1ccc(S(=O)(=O)N2CCc3ccccc32)cc1C. The zero-order chi connectivity index (χ0) is 20.3. The summed E-state index contributed by atoms with van der Waals surface area (Å²) in [6.07, 6.45) is 1.55. The van der Waals surface area contributed by atoms with Crippen molar-refractivity contribution < 1.29 is 17.9 Å². The van der Waals surface area contributed by atoms with Crippen molar-refractivity contribution in [3.05, 3.63) is 53.6 Å². The van der Waals surface area contributed by atoms with E-state index in [-0.39, 0.29) is 23.5 Å². The molecule has 6 nitrogen and oxygen atoms in total. The second-order valence-electron chi connectivity index (χ2n) is 7.05. The number of hydrogen-bond donors (Lipinski definition) is 1. The zero-order valence-electron chi connectivity index (χ0n) is 16.4. The molecule has 1 heterocycles. The van der Waals surface area contributed by atoms with Crippen molar-refractivity contribution >= 4 is 21.6 Å². The Labute approximate surface area is 166 Å². The summed E-state index contributed by atoms with van der Waals surface area (Å²) >= 11 is 0. The number of carbonyl (C=O) groups is 1. The second-order valence-corrected chi connectivity index (χ2v) is 8.91. The molecule has 1 aliphatic rings. The van der Waals surface area contributed by atoms with Crippen LogP contribution in [-0.4, -0.2) is 33.5 Å². The third-order valence-corrected chi connectivity index (χ3v) is 6.77. The van der Waals surface area contributed by atoms with Gasteiger partial charge < -0.3 is 10.1 Å². The van der Waals surface area contributed by atoms with Gasteiger partial charge in [0.1, 0.15) is 5.75 Å². The van der Waals surface area contributed by atoms with Gasteiger partial charge in [-0.3, -0.25) is 9.10 Å². The van der Waals surface area contributed by atoms with Gasteiger partial charge in [0, 0.05) is 12.6 Å². The molecule has 0 saturated carbocycles. The first-order valence-electron chi connectivity index (χ1n) is 9.46. The molecule has 2 aromatic rings. The smallest absolute Gasteiger partial charge is 0.264 e. The number of nitrogens with one attached hydrogen (secondary N) is 1. The van der Waals surface area contributed by atoms with Gasteiger partial charge in [0.25, 0.3) is 15.9 Å². The number of hydrogen-bond acceptors (Lipinski definition) is 4. The van der Waals surface area contributed by atoms with E-state index in [1.54, 1.807) is 19.1 Å². The normalized spacial score (nSPS) is 14.5. The maximum absolute atomic E-state index is 13.1. The molecule has 28 heavy (non-hydrogen) atoms. The van der Waals surface area contributed by atoms with Crippen LogP contribution in [0, 0.1) is 6.92 Å². The summed E-state index contributed by atoms with van der Waals surface area (Å²) in [6, 6.07) is 12.4. The number of para-hydroxylation sites is 1. The number of aryl methyl sites for hydroxylation is 1. The monoisotopic (exact) mass is 402 g/mol. The molecule has 1 aliphatic heterocycles. The van der Waals surface area contributed by atoms with Gasteiger partial charge in [-0.25, -0.2) is 8.42 Å². The molecule has 0 fully saturated rings. The van der Waals surface area contributed by atoms with Gasteiger partial charge in [-0.05, 0) is 62.1 Å². The Kier molecular flexibility index (Phi) is 5.93. The van der Waals surface area contributed by atoms with Gasteiger partial charge in [-0.2, -0.15) is 0 Å². The van der Waals surface area contributed by atoms with Crippen LogP contribution in [0.3, 0.4) is 0 Å². The Morgan fingerprint density at radius 1 is 1.25 bits per heavy atom. The summed E-state index contributed by atoms with van der Waals surface area (Å²) in [5.74, 6) is 0.305. The highest BCUT2D eigenvalue weighted by Crippen LogP contribution is 2.33. The lowest BCUT2D eigenvalue weighted by atomic mass is 10.2. The molecule has 0 radical (unpaired) electrons. The van der Waals surface area contributed by atoms with Crippen molar-refractivity contribution in [3.8, 4) is 5.75 Å². The van der Waals surface area contributed by atoms with E-state index in [0.29, 0.717) is 24.3 Å². The maximum atomic E-state index is 13.1. The lowest BCUT2D eigenvalue weighted by Gasteiger charge is -2.20. The molecule has 3 rings (SSSR count). The summed E-state index contributed by atoms with van der Waals surface area (Å²) in [4.78, 5) is 12.1. The standard InChI is InChI=1S/C21H26N2O4S/c1-4-16(3)22-21(24)14-27-20-10-9-18(13-15(20)2)28(25,26)23-12-11-17-7-5-6-8-19(17)23/h5-10,13,16H,4,11-12,14H2,1-3H3,(H,22,24)/t16-/m1/s1. The Morgan fingerprint density at radius 2 is 2.00 bits per heavy atom. The number of anilines is 1. The van der Waals surface area contributed by atoms with Crippen LogP contribution in [0.5, 0.6) is 5.75 Å². The minimum absolute atomic E-state index is 0.0908. The largest absolute Gasteiger partial charge is 0.484 e. The molecule has 1 amide bonds.